The fourth-order valence-electron chi connectivity index (χ4n) is 5.43. The monoisotopic (exact) mass is 411 g/mol. The third-order valence-corrected chi connectivity index (χ3v) is 7.02. The largest absolute Gasteiger partial charge is 0.339 e. The Hall–Kier alpha value is -2.37. The minimum Gasteiger partial charge on any atom is -0.339 e. The van der Waals surface area contributed by atoms with E-state index in [1.54, 1.807) is 0 Å². The van der Waals surface area contributed by atoms with Gasteiger partial charge in [0.05, 0.1) is 0 Å². The molecule has 2 aliphatic carbocycles. The molecule has 2 fully saturated rings. The fourth-order valence-corrected chi connectivity index (χ4v) is 5.43. The van der Waals surface area contributed by atoms with Crippen LogP contribution in [-0.4, -0.2) is 52.3 Å². The molecule has 3 aliphatic rings. The lowest BCUT2D eigenvalue weighted by Crippen LogP contribution is -2.44. The molecule has 1 heterocycles. The molecular weight excluding hydrogens is 378 g/mol. The quantitative estimate of drug-likeness (QED) is 0.699. The average Bonchev–Trinajstić information content (AvgIpc) is 3.31. The summed E-state index contributed by atoms with van der Waals surface area (Å²) in [4.78, 5) is 41.5. The summed E-state index contributed by atoms with van der Waals surface area (Å²) in [6.07, 6.45) is 8.19. The minimum atomic E-state index is -0.662. The lowest BCUT2D eigenvalue weighted by atomic mass is 9.87. The Morgan fingerprint density at radius 2 is 1.93 bits per heavy atom. The molecule has 1 saturated heterocycles. The number of carbonyl (C=O) groups excluding carboxylic acids is 3. The molecule has 4 amide bonds. The molecule has 162 valence electrons. The molecule has 1 spiro atoms. The van der Waals surface area contributed by atoms with Gasteiger partial charge in [0.15, 0.2) is 0 Å². The first kappa shape index (κ1) is 20.9. The molecule has 1 atom stereocenters. The van der Waals surface area contributed by atoms with Crippen molar-refractivity contribution in [1.82, 2.24) is 15.1 Å². The fraction of sp³-hybridized carbons (Fsp3) is 0.625. The van der Waals surface area contributed by atoms with E-state index in [4.69, 9.17) is 0 Å². The molecule has 30 heavy (non-hydrogen) atoms. The van der Waals surface area contributed by atoms with Crippen molar-refractivity contribution in [3.05, 3.63) is 35.4 Å². The van der Waals surface area contributed by atoms with E-state index in [9.17, 15) is 14.4 Å². The SMILES string of the molecule is CCCN(C(=O)CCCN1C(=O)NC2(CCCC2)C1=O)C1CCc2ccccc2C1. The second kappa shape index (κ2) is 8.78. The summed E-state index contributed by atoms with van der Waals surface area (Å²) in [6, 6.07) is 8.47. The standard InChI is InChI=1S/C24H33N3O3/c1-2-15-26(20-12-11-18-8-3-4-9-19(18)17-20)21(28)10-7-16-27-22(29)24(25-23(27)30)13-5-6-14-24/h3-4,8-9,20H,2,5-7,10-17H2,1H3,(H,25,30). The van der Waals surface area contributed by atoms with Crippen LogP contribution in [0, 0.1) is 0 Å². The van der Waals surface area contributed by atoms with Gasteiger partial charge in [-0.15, -0.1) is 0 Å². The summed E-state index contributed by atoms with van der Waals surface area (Å²) in [5, 5.41) is 2.91. The van der Waals surface area contributed by atoms with Crippen LogP contribution in [0.1, 0.15) is 69.4 Å². The van der Waals surface area contributed by atoms with Gasteiger partial charge in [0, 0.05) is 25.6 Å². The van der Waals surface area contributed by atoms with Gasteiger partial charge in [-0.1, -0.05) is 44.0 Å². The maximum absolute atomic E-state index is 13.1. The zero-order valence-electron chi connectivity index (χ0n) is 18.0. The van der Waals surface area contributed by atoms with Crippen LogP contribution in [0.5, 0.6) is 0 Å². The number of hydrogen-bond donors (Lipinski definition) is 1. The van der Waals surface area contributed by atoms with Crippen molar-refractivity contribution in [2.24, 2.45) is 0 Å². The van der Waals surface area contributed by atoms with Gasteiger partial charge in [-0.25, -0.2) is 4.79 Å². The van der Waals surface area contributed by atoms with Gasteiger partial charge in [0.2, 0.25) is 5.91 Å². The zero-order chi connectivity index (χ0) is 21.1. The number of benzene rings is 1. The molecule has 4 rings (SSSR count). The van der Waals surface area contributed by atoms with Gasteiger partial charge < -0.3 is 10.2 Å². The first-order valence-corrected chi connectivity index (χ1v) is 11.5. The number of rotatable bonds is 7. The van der Waals surface area contributed by atoms with E-state index in [2.05, 4.69) is 36.5 Å². The van der Waals surface area contributed by atoms with Crippen molar-refractivity contribution in [2.75, 3.05) is 13.1 Å². The number of urea groups is 1. The van der Waals surface area contributed by atoms with Gasteiger partial charge in [-0.3, -0.25) is 14.5 Å². The van der Waals surface area contributed by atoms with Gasteiger partial charge in [-0.2, -0.15) is 0 Å². The highest BCUT2D eigenvalue weighted by atomic mass is 16.2. The third-order valence-electron chi connectivity index (χ3n) is 7.02. The summed E-state index contributed by atoms with van der Waals surface area (Å²) >= 11 is 0. The lowest BCUT2D eigenvalue weighted by Gasteiger charge is -2.35. The van der Waals surface area contributed by atoms with Crippen molar-refractivity contribution < 1.29 is 14.4 Å². The van der Waals surface area contributed by atoms with E-state index in [1.807, 2.05) is 4.90 Å². The van der Waals surface area contributed by atoms with Gasteiger partial charge in [-0.05, 0) is 56.1 Å². The van der Waals surface area contributed by atoms with Crippen LogP contribution >= 0.6 is 0 Å². The van der Waals surface area contributed by atoms with E-state index in [-0.39, 0.29) is 23.9 Å². The Balaban J connectivity index is 1.33. The van der Waals surface area contributed by atoms with Crippen LogP contribution < -0.4 is 5.32 Å². The van der Waals surface area contributed by atoms with Crippen LogP contribution in [0.15, 0.2) is 24.3 Å². The number of nitrogens with one attached hydrogen (secondary N) is 1. The van der Waals surface area contributed by atoms with Gasteiger partial charge in [0.25, 0.3) is 5.91 Å². The highest BCUT2D eigenvalue weighted by molar-refractivity contribution is 6.07. The smallest absolute Gasteiger partial charge is 0.325 e. The number of imide groups is 1. The predicted molar refractivity (Wildman–Crippen MR) is 115 cm³/mol. The summed E-state index contributed by atoms with van der Waals surface area (Å²) in [7, 11) is 0. The van der Waals surface area contributed by atoms with E-state index < -0.39 is 5.54 Å². The van der Waals surface area contributed by atoms with Crippen LogP contribution in [0.3, 0.4) is 0 Å². The zero-order valence-corrected chi connectivity index (χ0v) is 18.0. The Morgan fingerprint density at radius 1 is 1.20 bits per heavy atom. The first-order valence-electron chi connectivity index (χ1n) is 11.5. The second-order valence-electron chi connectivity index (χ2n) is 9.03. The molecule has 1 saturated carbocycles. The third kappa shape index (κ3) is 3.96. The van der Waals surface area contributed by atoms with Crippen LogP contribution in [0.2, 0.25) is 0 Å². The van der Waals surface area contributed by atoms with Crippen molar-refractivity contribution in [2.45, 2.75) is 82.7 Å². The maximum atomic E-state index is 13.1. The van der Waals surface area contributed by atoms with Crippen LogP contribution in [-0.2, 0) is 22.4 Å². The topological polar surface area (TPSA) is 69.7 Å². The summed E-state index contributed by atoms with van der Waals surface area (Å²) in [6.45, 7) is 3.19. The highest BCUT2D eigenvalue weighted by Gasteiger charge is 2.52. The predicted octanol–water partition coefficient (Wildman–Crippen LogP) is 3.43. The van der Waals surface area contributed by atoms with E-state index >= 15 is 0 Å². The van der Waals surface area contributed by atoms with E-state index in [0.717, 1.165) is 57.9 Å². The van der Waals surface area contributed by atoms with Crippen LogP contribution in [0.4, 0.5) is 4.79 Å². The molecule has 0 radical (unpaired) electrons. The number of fused-ring (bicyclic) bond motifs is 1. The van der Waals surface area contributed by atoms with Crippen molar-refractivity contribution in [3.63, 3.8) is 0 Å². The first-order chi connectivity index (χ1) is 14.5. The number of aryl methyl sites for hydroxylation is 1. The van der Waals surface area contributed by atoms with Gasteiger partial charge >= 0.3 is 6.03 Å². The molecular formula is C24H33N3O3. The molecule has 0 aromatic heterocycles. The summed E-state index contributed by atoms with van der Waals surface area (Å²) < 4.78 is 0. The summed E-state index contributed by atoms with van der Waals surface area (Å²) in [5.74, 6) is 0.0515. The van der Waals surface area contributed by atoms with Crippen LogP contribution in [0.25, 0.3) is 0 Å². The number of carbonyl (C=O) groups is 3. The van der Waals surface area contributed by atoms with Gasteiger partial charge in [0.1, 0.15) is 5.54 Å². The lowest BCUT2D eigenvalue weighted by molar-refractivity contribution is -0.135. The number of amides is 4. The highest BCUT2D eigenvalue weighted by Crippen LogP contribution is 2.35. The molecule has 0 bridgehead atoms. The Kier molecular flexibility index (Phi) is 6.11. The molecule has 1 N–H and O–H groups in total. The molecule has 1 aliphatic heterocycles. The molecule has 1 unspecified atom stereocenters. The Bertz CT molecular complexity index is 816. The second-order valence-corrected chi connectivity index (χ2v) is 9.03. The number of nitrogens with zero attached hydrogens (tertiary/aromatic N) is 2. The molecule has 6 nitrogen and oxygen atoms in total. The maximum Gasteiger partial charge on any atom is 0.325 e. The number of hydrogen-bond acceptors (Lipinski definition) is 3. The molecule has 6 heteroatoms. The normalized spacial score (nSPS) is 22.3. The summed E-state index contributed by atoms with van der Waals surface area (Å²) in [5.41, 5.74) is 2.09. The molecule has 1 aromatic carbocycles. The molecule has 1 aromatic rings. The van der Waals surface area contributed by atoms with Crippen molar-refractivity contribution in [3.8, 4) is 0 Å². The van der Waals surface area contributed by atoms with E-state index in [1.165, 1.54) is 16.0 Å². The van der Waals surface area contributed by atoms with E-state index in [0.29, 0.717) is 19.4 Å². The Labute approximate surface area is 179 Å². The average molecular weight is 412 g/mol. The minimum absolute atomic E-state index is 0.0910. The Morgan fingerprint density at radius 3 is 2.67 bits per heavy atom. The van der Waals surface area contributed by atoms with Crippen molar-refractivity contribution in [1.29, 1.82) is 0 Å². The van der Waals surface area contributed by atoms with Crippen molar-refractivity contribution >= 4 is 17.8 Å².